The van der Waals surface area contributed by atoms with Gasteiger partial charge in [-0.2, -0.15) is 0 Å². The second-order valence-electron chi connectivity index (χ2n) is 7.39. The molecule has 1 saturated carbocycles. The van der Waals surface area contributed by atoms with Crippen molar-refractivity contribution in [2.24, 2.45) is 0 Å². The summed E-state index contributed by atoms with van der Waals surface area (Å²) in [4.78, 5) is 25.7. The van der Waals surface area contributed by atoms with Crippen molar-refractivity contribution in [3.63, 3.8) is 0 Å². The molecule has 2 atom stereocenters. The number of aromatic carboxylic acids is 1. The predicted molar refractivity (Wildman–Crippen MR) is 101 cm³/mol. The van der Waals surface area contributed by atoms with Crippen molar-refractivity contribution in [3.8, 4) is 5.75 Å². The Bertz CT molecular complexity index is 1020. The van der Waals surface area contributed by atoms with Crippen molar-refractivity contribution in [2.75, 3.05) is 25.1 Å². The van der Waals surface area contributed by atoms with Gasteiger partial charge in [-0.25, -0.2) is 9.18 Å². The fourth-order valence-corrected chi connectivity index (χ4v) is 3.84. The lowest BCUT2D eigenvalue weighted by Gasteiger charge is -2.38. The smallest absolute Gasteiger partial charge is 0.341 e. The van der Waals surface area contributed by atoms with Crippen LogP contribution >= 0.6 is 0 Å². The van der Waals surface area contributed by atoms with Crippen LogP contribution in [-0.4, -0.2) is 53.2 Å². The highest BCUT2D eigenvalue weighted by molar-refractivity contribution is 5.97. The molecule has 2 fully saturated rings. The van der Waals surface area contributed by atoms with Crippen molar-refractivity contribution in [1.82, 2.24) is 9.88 Å². The molecule has 1 aromatic carbocycles. The Hall–Kier alpha value is -2.65. The number of nitrogens with one attached hydrogen (secondary N) is 1. The van der Waals surface area contributed by atoms with E-state index in [2.05, 4.69) is 5.32 Å². The monoisotopic (exact) mass is 391 g/mol. The van der Waals surface area contributed by atoms with E-state index in [1.54, 1.807) is 4.57 Å². The maximum Gasteiger partial charge on any atom is 0.341 e. The number of rotatable bonds is 4. The van der Waals surface area contributed by atoms with E-state index in [1.807, 2.05) is 6.92 Å². The van der Waals surface area contributed by atoms with Gasteiger partial charge in [-0.3, -0.25) is 4.79 Å². The summed E-state index contributed by atoms with van der Waals surface area (Å²) in [5, 5.41) is 22.9. The van der Waals surface area contributed by atoms with Gasteiger partial charge < -0.3 is 29.7 Å². The number of aliphatic hydroxyl groups excluding tert-OH is 1. The minimum Gasteiger partial charge on any atom is -0.492 e. The third kappa shape index (κ3) is 2.91. The summed E-state index contributed by atoms with van der Waals surface area (Å²) in [6, 6.07) is 1.10. The first kappa shape index (κ1) is 18.7. The molecule has 28 heavy (non-hydrogen) atoms. The van der Waals surface area contributed by atoms with Gasteiger partial charge in [0, 0.05) is 31.4 Å². The molecule has 8 nitrogen and oxygen atoms in total. The lowest BCUT2D eigenvalue weighted by molar-refractivity contribution is 0.0694. The summed E-state index contributed by atoms with van der Waals surface area (Å²) in [6.07, 6.45) is 2.02. The first-order valence-electron chi connectivity index (χ1n) is 9.20. The summed E-state index contributed by atoms with van der Waals surface area (Å²) in [6.45, 7) is 2.53. The normalized spacial score (nSPS) is 22.5. The molecule has 0 spiro atoms. The van der Waals surface area contributed by atoms with E-state index in [0.29, 0.717) is 12.1 Å². The maximum atomic E-state index is 15.2. The number of halogens is 1. The van der Waals surface area contributed by atoms with Crippen LogP contribution < -0.4 is 20.4 Å². The van der Waals surface area contributed by atoms with Crippen LogP contribution in [0.5, 0.6) is 5.75 Å². The standard InChI is InChI=1S/C19H22FN3O5/c1-9-7-23(14(24)6-21-9)16-13(20)5-11-15(18(16)28-2)22(10-3-4-10)8-12(17(11)25)19(26)27/h5,8-10,14,21,24H,3-4,6-7H2,1-2H3,(H,26,27). The lowest BCUT2D eigenvalue weighted by atomic mass is 10.1. The lowest BCUT2D eigenvalue weighted by Crippen LogP contribution is -2.56. The Labute approximate surface area is 160 Å². The molecule has 3 N–H and O–H groups in total. The minimum atomic E-state index is -1.35. The number of anilines is 1. The van der Waals surface area contributed by atoms with E-state index in [9.17, 15) is 19.8 Å². The molecule has 2 aliphatic rings. The van der Waals surface area contributed by atoms with Crippen LogP contribution in [0.2, 0.25) is 0 Å². The molecule has 1 aromatic heterocycles. The number of pyridine rings is 1. The number of β-amino-alcohol motifs (C(OH)–C–C–N with tert-alkyl or cyclic N) is 1. The van der Waals surface area contributed by atoms with E-state index in [4.69, 9.17) is 4.74 Å². The Kier molecular flexibility index (Phi) is 4.51. The number of ether oxygens (including phenoxy) is 1. The van der Waals surface area contributed by atoms with E-state index in [-0.39, 0.29) is 35.5 Å². The average Bonchev–Trinajstić information content (AvgIpc) is 3.48. The van der Waals surface area contributed by atoms with E-state index in [0.717, 1.165) is 18.9 Å². The molecular weight excluding hydrogens is 369 g/mol. The molecule has 1 aliphatic carbocycles. The number of piperazine rings is 1. The molecular formula is C19H22FN3O5. The molecule has 1 aliphatic heterocycles. The summed E-state index contributed by atoms with van der Waals surface area (Å²) >= 11 is 0. The second kappa shape index (κ2) is 6.75. The number of hydrogen-bond donors (Lipinski definition) is 3. The van der Waals surface area contributed by atoms with Crippen LogP contribution in [0.3, 0.4) is 0 Å². The Morgan fingerprint density at radius 2 is 2.11 bits per heavy atom. The van der Waals surface area contributed by atoms with Crippen LogP contribution in [0.15, 0.2) is 17.1 Å². The topological polar surface area (TPSA) is 104 Å². The molecule has 4 rings (SSSR count). The van der Waals surface area contributed by atoms with Gasteiger partial charge in [-0.05, 0) is 25.8 Å². The molecule has 1 saturated heterocycles. The van der Waals surface area contributed by atoms with Gasteiger partial charge in [0.25, 0.3) is 0 Å². The molecule has 2 unspecified atom stereocenters. The molecule has 150 valence electrons. The highest BCUT2D eigenvalue weighted by atomic mass is 19.1. The summed E-state index contributed by atoms with van der Waals surface area (Å²) in [5.41, 5.74) is -0.718. The van der Waals surface area contributed by atoms with Crippen molar-refractivity contribution < 1.29 is 24.1 Å². The quantitative estimate of drug-likeness (QED) is 0.722. The molecule has 2 heterocycles. The predicted octanol–water partition coefficient (Wildman–Crippen LogP) is 1.30. The van der Waals surface area contributed by atoms with Gasteiger partial charge in [-0.1, -0.05) is 0 Å². The highest BCUT2D eigenvalue weighted by Gasteiger charge is 2.34. The summed E-state index contributed by atoms with van der Waals surface area (Å²) in [7, 11) is 1.38. The van der Waals surface area contributed by atoms with Crippen LogP contribution in [0.1, 0.15) is 36.2 Å². The number of fused-ring (bicyclic) bond motifs is 1. The second-order valence-corrected chi connectivity index (χ2v) is 7.39. The first-order valence-corrected chi connectivity index (χ1v) is 9.20. The average molecular weight is 391 g/mol. The first-order chi connectivity index (χ1) is 13.3. The van der Waals surface area contributed by atoms with E-state index < -0.39 is 29.0 Å². The minimum absolute atomic E-state index is 0.0169. The third-order valence-electron chi connectivity index (χ3n) is 5.34. The molecule has 0 amide bonds. The number of benzene rings is 1. The van der Waals surface area contributed by atoms with Crippen LogP contribution in [0, 0.1) is 5.82 Å². The Morgan fingerprint density at radius 3 is 2.71 bits per heavy atom. The number of methoxy groups -OCH3 is 1. The van der Waals surface area contributed by atoms with Gasteiger partial charge in [0.1, 0.15) is 17.5 Å². The highest BCUT2D eigenvalue weighted by Crippen LogP contribution is 2.44. The number of aliphatic hydroxyl groups is 1. The number of hydrogen-bond acceptors (Lipinski definition) is 6. The van der Waals surface area contributed by atoms with Crippen LogP contribution in [0.4, 0.5) is 10.1 Å². The zero-order chi connectivity index (χ0) is 20.2. The number of carboxylic acids is 1. The van der Waals surface area contributed by atoms with Crippen LogP contribution in [-0.2, 0) is 0 Å². The molecule has 0 radical (unpaired) electrons. The zero-order valence-corrected chi connectivity index (χ0v) is 15.6. The van der Waals surface area contributed by atoms with Gasteiger partial charge >= 0.3 is 5.97 Å². The third-order valence-corrected chi connectivity index (χ3v) is 5.34. The number of aromatic nitrogens is 1. The number of carboxylic acid groups (broad SMARTS) is 1. The maximum absolute atomic E-state index is 15.2. The van der Waals surface area contributed by atoms with Crippen molar-refractivity contribution in [2.45, 2.75) is 38.1 Å². The molecule has 0 bridgehead atoms. The zero-order valence-electron chi connectivity index (χ0n) is 15.6. The van der Waals surface area contributed by atoms with Crippen molar-refractivity contribution in [3.05, 3.63) is 33.9 Å². The van der Waals surface area contributed by atoms with Gasteiger partial charge in [0.15, 0.2) is 11.6 Å². The Balaban J connectivity index is 2.04. The fourth-order valence-electron chi connectivity index (χ4n) is 3.84. The Morgan fingerprint density at radius 1 is 1.39 bits per heavy atom. The van der Waals surface area contributed by atoms with Gasteiger partial charge in [0.05, 0.1) is 18.0 Å². The molecule has 9 heteroatoms. The summed E-state index contributed by atoms with van der Waals surface area (Å²) in [5.74, 6) is -1.96. The number of carbonyl (C=O) groups is 1. The number of nitrogens with zero attached hydrogens (tertiary/aromatic N) is 2. The van der Waals surface area contributed by atoms with E-state index >= 15 is 4.39 Å². The SMILES string of the molecule is COc1c(N2CC(C)NCC2O)c(F)cc2c(=O)c(C(=O)O)cn(C3CC3)c12. The summed E-state index contributed by atoms with van der Waals surface area (Å²) < 4.78 is 22.4. The van der Waals surface area contributed by atoms with Crippen molar-refractivity contribution in [1.29, 1.82) is 0 Å². The fraction of sp³-hybridized carbons (Fsp3) is 0.474. The van der Waals surface area contributed by atoms with E-state index in [1.165, 1.54) is 18.2 Å². The van der Waals surface area contributed by atoms with Gasteiger partial charge in [0.2, 0.25) is 5.43 Å². The molecule has 2 aromatic rings. The van der Waals surface area contributed by atoms with Gasteiger partial charge in [-0.15, -0.1) is 0 Å². The van der Waals surface area contributed by atoms with Crippen molar-refractivity contribution >= 4 is 22.6 Å². The largest absolute Gasteiger partial charge is 0.492 e. The van der Waals surface area contributed by atoms with Crippen LogP contribution in [0.25, 0.3) is 10.9 Å².